The number of carbonyl (C=O) groups is 2. The Balaban J connectivity index is 2.61. The van der Waals surface area contributed by atoms with Crippen LogP contribution in [0.3, 0.4) is 0 Å². The molecule has 1 aliphatic rings. The van der Waals surface area contributed by atoms with Gasteiger partial charge in [-0.05, 0) is 43.4 Å². The summed E-state index contributed by atoms with van der Waals surface area (Å²) in [5.41, 5.74) is 3.11. The van der Waals surface area contributed by atoms with E-state index >= 15 is 0 Å². The number of carboxylic acids is 1. The number of Topliss-reactive ketones (excluding diaryl/α,β-unsaturated/α-hetero) is 1. The van der Waals surface area contributed by atoms with Crippen LogP contribution in [-0.2, 0) is 9.59 Å². The summed E-state index contributed by atoms with van der Waals surface area (Å²) >= 11 is 0. The number of carbonyl (C=O) groups excluding carboxylic acids is 1. The highest BCUT2D eigenvalue weighted by molar-refractivity contribution is 5.99. The van der Waals surface area contributed by atoms with E-state index < -0.39 is 11.6 Å². The Morgan fingerprint density at radius 1 is 1.19 bits per heavy atom. The summed E-state index contributed by atoms with van der Waals surface area (Å²) in [5.74, 6) is -1.04. The highest BCUT2D eigenvalue weighted by Gasteiger charge is 2.32. The molecule has 0 fully saturated rings. The van der Waals surface area contributed by atoms with Crippen molar-refractivity contribution in [3.8, 4) is 0 Å². The molecule has 0 saturated heterocycles. The zero-order valence-electron chi connectivity index (χ0n) is 16.1. The zero-order valence-corrected chi connectivity index (χ0v) is 16.1. The molecule has 0 saturated carbocycles. The molecule has 0 amide bonds. The number of rotatable bonds is 12. The van der Waals surface area contributed by atoms with Gasteiger partial charge in [0.25, 0.3) is 0 Å². The highest BCUT2D eigenvalue weighted by Crippen LogP contribution is 2.27. The van der Waals surface area contributed by atoms with Crippen molar-refractivity contribution in [1.29, 1.82) is 0 Å². The topological polar surface area (TPSA) is 74.6 Å². The molecule has 144 valence electrons. The van der Waals surface area contributed by atoms with Crippen molar-refractivity contribution < 1.29 is 19.8 Å². The third-order valence-electron chi connectivity index (χ3n) is 4.85. The van der Waals surface area contributed by atoms with Gasteiger partial charge < -0.3 is 10.2 Å². The molecular formula is C22H32O4. The minimum absolute atomic E-state index is 0.00679. The van der Waals surface area contributed by atoms with Crippen LogP contribution in [-0.4, -0.2) is 27.6 Å². The number of allylic oxidation sites excluding steroid dienone is 4. The van der Waals surface area contributed by atoms with Crippen LogP contribution in [0.25, 0.3) is 0 Å². The first-order valence-electron chi connectivity index (χ1n) is 9.71. The van der Waals surface area contributed by atoms with E-state index in [-0.39, 0.29) is 18.6 Å². The average Bonchev–Trinajstić information content (AvgIpc) is 2.97. The van der Waals surface area contributed by atoms with E-state index in [1.165, 1.54) is 31.8 Å². The maximum atomic E-state index is 12.0. The van der Waals surface area contributed by atoms with Crippen LogP contribution < -0.4 is 0 Å². The minimum atomic E-state index is -1.74. The van der Waals surface area contributed by atoms with Crippen molar-refractivity contribution in [2.45, 2.75) is 83.7 Å². The monoisotopic (exact) mass is 360 g/mol. The van der Waals surface area contributed by atoms with E-state index in [4.69, 9.17) is 5.11 Å². The fraction of sp³-hybridized carbons (Fsp3) is 0.591. The summed E-state index contributed by atoms with van der Waals surface area (Å²) in [4.78, 5) is 23.1. The number of ketones is 1. The van der Waals surface area contributed by atoms with E-state index in [1.807, 2.05) is 0 Å². The molecule has 0 heterocycles. The molecule has 2 N–H and O–H groups in total. The van der Waals surface area contributed by atoms with Crippen molar-refractivity contribution >= 4 is 11.8 Å². The van der Waals surface area contributed by atoms with Crippen molar-refractivity contribution in [1.82, 2.24) is 0 Å². The van der Waals surface area contributed by atoms with E-state index in [0.717, 1.165) is 24.0 Å². The van der Waals surface area contributed by atoms with Crippen LogP contribution in [0, 0.1) is 0 Å². The molecule has 1 unspecified atom stereocenters. The Labute approximate surface area is 157 Å². The molecule has 0 aliphatic heterocycles. The minimum Gasteiger partial charge on any atom is -0.479 e. The van der Waals surface area contributed by atoms with Gasteiger partial charge in [0.2, 0.25) is 0 Å². The molecule has 26 heavy (non-hydrogen) atoms. The van der Waals surface area contributed by atoms with Crippen LogP contribution >= 0.6 is 0 Å². The smallest absolute Gasteiger partial charge is 0.336 e. The molecule has 1 aliphatic carbocycles. The molecule has 0 bridgehead atoms. The molecule has 1 rings (SSSR count). The lowest BCUT2D eigenvalue weighted by atomic mass is 9.97. The molecule has 0 aromatic rings. The number of aliphatic hydroxyl groups is 1. The summed E-state index contributed by atoms with van der Waals surface area (Å²) in [5, 5.41) is 18.9. The number of hydrogen-bond donors (Lipinski definition) is 2. The normalized spacial score (nSPS) is 16.7. The first kappa shape index (κ1) is 22.1. The standard InChI is InChI=1S/C22H32O4/c1-3-5-6-7-8-10-13-18-15-16-20(23)19(18)14-11-9-12-17-22(26,4-2)21(24)25/h10-13,26H,3-8,14-17H2,1-2H3,(H,24,25)/b13-10+. The van der Waals surface area contributed by atoms with Gasteiger partial charge in [-0.25, -0.2) is 4.79 Å². The van der Waals surface area contributed by atoms with Gasteiger partial charge in [0.1, 0.15) is 0 Å². The second-order valence-electron chi connectivity index (χ2n) is 6.85. The Bertz CT molecular complexity index is 606. The summed E-state index contributed by atoms with van der Waals surface area (Å²) in [6, 6.07) is 0. The van der Waals surface area contributed by atoms with Crippen LogP contribution in [0.5, 0.6) is 0 Å². The fourth-order valence-corrected chi connectivity index (χ4v) is 2.93. The molecule has 0 radical (unpaired) electrons. The fourth-order valence-electron chi connectivity index (χ4n) is 2.93. The number of hydrogen-bond acceptors (Lipinski definition) is 3. The quantitative estimate of drug-likeness (QED) is 0.384. The Kier molecular flexibility index (Phi) is 9.93. The van der Waals surface area contributed by atoms with Crippen LogP contribution in [0.2, 0.25) is 0 Å². The first-order chi connectivity index (χ1) is 12.4. The SMILES string of the molecule is CCCCCC/C=C/C1=C(CC=C=CCC(O)(CC)C(=O)O)C(=O)CC1. The van der Waals surface area contributed by atoms with Crippen molar-refractivity contribution in [3.63, 3.8) is 0 Å². The van der Waals surface area contributed by atoms with E-state index in [9.17, 15) is 14.7 Å². The molecule has 1 atom stereocenters. The maximum absolute atomic E-state index is 12.0. The first-order valence-corrected chi connectivity index (χ1v) is 9.71. The Morgan fingerprint density at radius 3 is 2.62 bits per heavy atom. The number of unbranched alkanes of at least 4 members (excludes halogenated alkanes) is 4. The molecular weight excluding hydrogens is 328 g/mol. The van der Waals surface area contributed by atoms with Gasteiger partial charge in [-0.15, -0.1) is 5.73 Å². The summed E-state index contributed by atoms with van der Waals surface area (Å²) in [6.07, 6.45) is 15.5. The number of aliphatic carboxylic acids is 1. The maximum Gasteiger partial charge on any atom is 0.336 e. The second-order valence-corrected chi connectivity index (χ2v) is 6.85. The molecule has 0 spiro atoms. The lowest BCUT2D eigenvalue weighted by Crippen LogP contribution is -2.36. The highest BCUT2D eigenvalue weighted by atomic mass is 16.4. The van der Waals surface area contributed by atoms with Gasteiger partial charge in [0, 0.05) is 24.8 Å². The van der Waals surface area contributed by atoms with E-state index in [0.29, 0.717) is 12.8 Å². The van der Waals surface area contributed by atoms with E-state index in [2.05, 4.69) is 24.8 Å². The molecule has 4 heteroatoms. The predicted molar refractivity (Wildman–Crippen MR) is 104 cm³/mol. The third-order valence-corrected chi connectivity index (χ3v) is 4.85. The van der Waals surface area contributed by atoms with Crippen molar-refractivity contribution in [3.05, 3.63) is 41.2 Å². The van der Waals surface area contributed by atoms with Crippen LogP contribution in [0.15, 0.2) is 41.2 Å². The predicted octanol–water partition coefficient (Wildman–Crippen LogP) is 4.89. The second kappa shape index (κ2) is 11.7. The van der Waals surface area contributed by atoms with Crippen LogP contribution in [0.1, 0.15) is 78.1 Å². The summed E-state index contributed by atoms with van der Waals surface area (Å²) in [7, 11) is 0. The third kappa shape index (κ3) is 7.15. The van der Waals surface area contributed by atoms with Gasteiger partial charge >= 0.3 is 5.97 Å². The van der Waals surface area contributed by atoms with E-state index in [1.54, 1.807) is 13.0 Å². The lowest BCUT2D eigenvalue weighted by Gasteiger charge is -2.18. The van der Waals surface area contributed by atoms with Crippen molar-refractivity contribution in [2.24, 2.45) is 0 Å². The largest absolute Gasteiger partial charge is 0.479 e. The van der Waals surface area contributed by atoms with Gasteiger partial charge in [-0.1, -0.05) is 45.3 Å². The summed E-state index contributed by atoms with van der Waals surface area (Å²) < 4.78 is 0. The lowest BCUT2D eigenvalue weighted by molar-refractivity contribution is -0.158. The average molecular weight is 360 g/mol. The number of carboxylic acid groups (broad SMARTS) is 1. The summed E-state index contributed by atoms with van der Waals surface area (Å²) in [6.45, 7) is 3.83. The molecule has 4 nitrogen and oxygen atoms in total. The van der Waals surface area contributed by atoms with Gasteiger partial charge in [0.05, 0.1) is 0 Å². The Morgan fingerprint density at radius 2 is 1.96 bits per heavy atom. The van der Waals surface area contributed by atoms with Gasteiger partial charge in [-0.2, -0.15) is 0 Å². The Hall–Kier alpha value is -1.90. The van der Waals surface area contributed by atoms with Crippen LogP contribution in [0.4, 0.5) is 0 Å². The van der Waals surface area contributed by atoms with Crippen molar-refractivity contribution in [2.75, 3.05) is 0 Å². The zero-order chi connectivity index (χ0) is 19.4. The molecule has 0 aromatic heterocycles. The van der Waals surface area contributed by atoms with Gasteiger partial charge in [0.15, 0.2) is 11.4 Å². The van der Waals surface area contributed by atoms with Gasteiger partial charge in [-0.3, -0.25) is 4.79 Å². The molecule has 0 aromatic carbocycles.